The van der Waals surface area contributed by atoms with E-state index >= 15 is 0 Å². The number of hydrogen-bond acceptors (Lipinski definition) is 5. The van der Waals surface area contributed by atoms with Gasteiger partial charge in [0.2, 0.25) is 0 Å². The zero-order valence-corrected chi connectivity index (χ0v) is 12.7. The molecule has 3 N–H and O–H groups in total. The van der Waals surface area contributed by atoms with Gasteiger partial charge < -0.3 is 15.7 Å². The minimum atomic E-state index is -0.520. The number of aromatic nitrogens is 3. The lowest BCUT2D eigenvalue weighted by Gasteiger charge is -2.22. The fourth-order valence-electron chi connectivity index (χ4n) is 2.56. The second-order valence-corrected chi connectivity index (χ2v) is 6.06. The molecule has 0 aliphatic carbocycles. The van der Waals surface area contributed by atoms with Crippen molar-refractivity contribution in [3.05, 3.63) is 11.9 Å². The van der Waals surface area contributed by atoms with E-state index in [9.17, 15) is 9.90 Å². The van der Waals surface area contributed by atoms with E-state index in [0.29, 0.717) is 24.1 Å². The molecule has 0 aromatic carbocycles. The van der Waals surface area contributed by atoms with Gasteiger partial charge in [0, 0.05) is 6.54 Å². The lowest BCUT2D eigenvalue weighted by Crippen LogP contribution is -2.33. The van der Waals surface area contributed by atoms with E-state index in [0.717, 1.165) is 25.9 Å². The first-order chi connectivity index (χ1) is 10.1. The van der Waals surface area contributed by atoms with Gasteiger partial charge in [-0.05, 0) is 38.3 Å². The molecule has 7 nitrogen and oxygen atoms in total. The van der Waals surface area contributed by atoms with Crippen molar-refractivity contribution in [2.24, 2.45) is 5.92 Å². The summed E-state index contributed by atoms with van der Waals surface area (Å²) in [6.45, 7) is 6.25. The second-order valence-electron chi connectivity index (χ2n) is 6.06. The lowest BCUT2D eigenvalue weighted by atomic mass is 10.1. The zero-order valence-electron chi connectivity index (χ0n) is 12.7. The molecule has 2 rings (SSSR count). The first-order valence-electron chi connectivity index (χ1n) is 7.65. The van der Waals surface area contributed by atoms with Crippen LogP contribution >= 0.6 is 0 Å². The van der Waals surface area contributed by atoms with E-state index in [2.05, 4.69) is 20.9 Å². The highest BCUT2D eigenvalue weighted by molar-refractivity contribution is 5.91. The average Bonchev–Trinajstić information content (AvgIpc) is 2.95. The predicted molar refractivity (Wildman–Crippen MR) is 79.0 cm³/mol. The van der Waals surface area contributed by atoms with Crippen LogP contribution in [0.3, 0.4) is 0 Å². The van der Waals surface area contributed by atoms with Gasteiger partial charge in [-0.15, -0.1) is 5.10 Å². The Morgan fingerprint density at radius 2 is 2.24 bits per heavy atom. The first kappa shape index (κ1) is 15.9. The number of aliphatic hydroxyl groups excluding tert-OH is 1. The van der Waals surface area contributed by atoms with E-state index < -0.39 is 6.10 Å². The van der Waals surface area contributed by atoms with Gasteiger partial charge in [0.1, 0.15) is 0 Å². The molecular weight excluding hydrogens is 270 g/mol. The second kappa shape index (κ2) is 7.51. The third-order valence-corrected chi connectivity index (χ3v) is 3.67. The number of aliphatic hydroxyl groups is 1. The van der Waals surface area contributed by atoms with Crippen LogP contribution in [0.4, 0.5) is 0 Å². The standard InChI is InChI=1S/C14H25N5O2/c1-10(2)7-12(20)8-16-14(21)13-9-19(18-17-13)11-3-5-15-6-4-11/h9-12,15,20H,3-8H2,1-2H3,(H,16,21). The van der Waals surface area contributed by atoms with E-state index in [4.69, 9.17) is 0 Å². The number of hydrogen-bond donors (Lipinski definition) is 3. The Bertz CT molecular complexity index is 454. The summed E-state index contributed by atoms with van der Waals surface area (Å²) >= 11 is 0. The van der Waals surface area contributed by atoms with Crippen LogP contribution in [0.15, 0.2) is 6.20 Å². The summed E-state index contributed by atoms with van der Waals surface area (Å²) in [6.07, 6.45) is 3.84. The number of rotatable bonds is 6. The third-order valence-electron chi connectivity index (χ3n) is 3.67. The van der Waals surface area contributed by atoms with Crippen LogP contribution < -0.4 is 10.6 Å². The van der Waals surface area contributed by atoms with Crippen LogP contribution in [0.1, 0.15) is 49.6 Å². The summed E-state index contributed by atoms with van der Waals surface area (Å²) in [4.78, 5) is 12.0. The number of carbonyl (C=O) groups excluding carboxylic acids is 1. The van der Waals surface area contributed by atoms with E-state index in [1.54, 1.807) is 10.9 Å². The Balaban J connectivity index is 1.84. The molecule has 0 radical (unpaired) electrons. The largest absolute Gasteiger partial charge is 0.391 e. The van der Waals surface area contributed by atoms with Crippen LogP contribution in [0.2, 0.25) is 0 Å². The van der Waals surface area contributed by atoms with Gasteiger partial charge in [-0.2, -0.15) is 0 Å². The first-order valence-corrected chi connectivity index (χ1v) is 7.65. The van der Waals surface area contributed by atoms with Gasteiger partial charge >= 0.3 is 0 Å². The molecule has 1 aromatic heterocycles. The molecule has 7 heteroatoms. The molecule has 0 bridgehead atoms. The van der Waals surface area contributed by atoms with Crippen molar-refractivity contribution in [1.82, 2.24) is 25.6 Å². The maximum atomic E-state index is 12.0. The molecule has 0 saturated carbocycles. The van der Waals surface area contributed by atoms with Crippen molar-refractivity contribution in [3.8, 4) is 0 Å². The monoisotopic (exact) mass is 295 g/mol. The molecule has 2 heterocycles. The fraction of sp³-hybridized carbons (Fsp3) is 0.786. The molecule has 0 spiro atoms. The SMILES string of the molecule is CC(C)CC(O)CNC(=O)c1cn(C2CCNCC2)nn1. The summed E-state index contributed by atoms with van der Waals surface area (Å²) in [7, 11) is 0. The summed E-state index contributed by atoms with van der Waals surface area (Å²) in [5, 5.41) is 23.7. The topological polar surface area (TPSA) is 92.1 Å². The normalized spacial score (nSPS) is 17.9. The van der Waals surface area contributed by atoms with E-state index in [1.165, 1.54) is 0 Å². The molecule has 1 unspecified atom stereocenters. The predicted octanol–water partition coefficient (Wildman–Crippen LogP) is 0.339. The molecule has 1 aromatic rings. The molecule has 1 aliphatic rings. The van der Waals surface area contributed by atoms with Crippen molar-refractivity contribution in [2.75, 3.05) is 19.6 Å². The van der Waals surface area contributed by atoms with Crippen LogP contribution in [-0.2, 0) is 0 Å². The third kappa shape index (κ3) is 4.78. The van der Waals surface area contributed by atoms with Gasteiger partial charge in [0.15, 0.2) is 5.69 Å². The highest BCUT2D eigenvalue weighted by atomic mass is 16.3. The summed E-state index contributed by atoms with van der Waals surface area (Å²) in [5.74, 6) is 0.121. The van der Waals surface area contributed by atoms with Crippen LogP contribution in [0, 0.1) is 5.92 Å². The van der Waals surface area contributed by atoms with Crippen molar-refractivity contribution in [1.29, 1.82) is 0 Å². The molecule has 1 amide bonds. The smallest absolute Gasteiger partial charge is 0.273 e. The Morgan fingerprint density at radius 1 is 1.52 bits per heavy atom. The van der Waals surface area contributed by atoms with E-state index in [-0.39, 0.29) is 12.5 Å². The Hall–Kier alpha value is -1.47. The maximum absolute atomic E-state index is 12.0. The number of nitrogens with zero attached hydrogens (tertiary/aromatic N) is 3. The molecule has 1 fully saturated rings. The zero-order chi connectivity index (χ0) is 15.2. The molecular formula is C14H25N5O2. The number of piperidine rings is 1. The lowest BCUT2D eigenvalue weighted by molar-refractivity contribution is 0.0895. The molecule has 1 saturated heterocycles. The summed E-state index contributed by atoms with van der Waals surface area (Å²) < 4.78 is 1.78. The van der Waals surface area contributed by atoms with Crippen molar-refractivity contribution < 1.29 is 9.90 Å². The summed E-state index contributed by atoms with van der Waals surface area (Å²) in [5.41, 5.74) is 0.310. The van der Waals surface area contributed by atoms with Crippen LogP contribution in [-0.4, -0.2) is 51.7 Å². The number of amides is 1. The van der Waals surface area contributed by atoms with E-state index in [1.807, 2.05) is 13.8 Å². The average molecular weight is 295 g/mol. The molecule has 118 valence electrons. The fourth-order valence-corrected chi connectivity index (χ4v) is 2.56. The van der Waals surface area contributed by atoms with Crippen molar-refractivity contribution in [2.45, 2.75) is 45.3 Å². The Kier molecular flexibility index (Phi) is 5.69. The quantitative estimate of drug-likeness (QED) is 0.704. The van der Waals surface area contributed by atoms with Crippen LogP contribution in [0.5, 0.6) is 0 Å². The summed E-state index contributed by atoms with van der Waals surface area (Å²) in [6, 6.07) is 0.312. The van der Waals surface area contributed by atoms with Gasteiger partial charge in [-0.25, -0.2) is 4.68 Å². The van der Waals surface area contributed by atoms with Gasteiger partial charge in [0.05, 0.1) is 18.3 Å². The highest BCUT2D eigenvalue weighted by Gasteiger charge is 2.19. The van der Waals surface area contributed by atoms with Gasteiger partial charge in [0.25, 0.3) is 5.91 Å². The van der Waals surface area contributed by atoms with Gasteiger partial charge in [-0.1, -0.05) is 19.1 Å². The van der Waals surface area contributed by atoms with Crippen molar-refractivity contribution >= 4 is 5.91 Å². The molecule has 1 atom stereocenters. The Morgan fingerprint density at radius 3 is 2.90 bits per heavy atom. The number of carbonyl (C=O) groups is 1. The van der Waals surface area contributed by atoms with Crippen LogP contribution in [0.25, 0.3) is 0 Å². The maximum Gasteiger partial charge on any atom is 0.273 e. The highest BCUT2D eigenvalue weighted by Crippen LogP contribution is 2.16. The minimum absolute atomic E-state index is 0.247. The molecule has 21 heavy (non-hydrogen) atoms. The Labute approximate surface area is 125 Å². The van der Waals surface area contributed by atoms with Crippen molar-refractivity contribution in [3.63, 3.8) is 0 Å². The molecule has 1 aliphatic heterocycles. The number of nitrogens with one attached hydrogen (secondary N) is 2. The van der Waals surface area contributed by atoms with Gasteiger partial charge in [-0.3, -0.25) is 4.79 Å². The minimum Gasteiger partial charge on any atom is -0.391 e.